The second kappa shape index (κ2) is 10.5. The lowest BCUT2D eigenvalue weighted by Crippen LogP contribution is -2.54. The van der Waals surface area contributed by atoms with E-state index in [0.717, 1.165) is 11.1 Å². The lowest BCUT2D eigenvalue weighted by Gasteiger charge is -2.33. The molecular weight excluding hydrogens is 400 g/mol. The first-order valence-electron chi connectivity index (χ1n) is 10.1. The van der Waals surface area contributed by atoms with Crippen molar-refractivity contribution in [2.75, 3.05) is 6.61 Å². The summed E-state index contributed by atoms with van der Waals surface area (Å²) in [6, 6.07) is 14.2. The number of carbonyl (C=O) groups is 2. The van der Waals surface area contributed by atoms with Crippen LogP contribution in [0.4, 0.5) is 0 Å². The summed E-state index contributed by atoms with van der Waals surface area (Å²) >= 11 is 5.99. The van der Waals surface area contributed by atoms with Gasteiger partial charge in [-0.25, -0.2) is 0 Å². The van der Waals surface area contributed by atoms with E-state index < -0.39 is 6.04 Å². The van der Waals surface area contributed by atoms with Crippen LogP contribution >= 0.6 is 11.6 Å². The maximum absolute atomic E-state index is 13.1. The summed E-state index contributed by atoms with van der Waals surface area (Å²) in [6.07, 6.45) is 0.497. The van der Waals surface area contributed by atoms with Crippen LogP contribution in [0.3, 0.4) is 0 Å². The predicted octanol–water partition coefficient (Wildman–Crippen LogP) is 4.75. The average Bonchev–Trinajstić information content (AvgIpc) is 2.66. The van der Waals surface area contributed by atoms with Gasteiger partial charge in [-0.2, -0.15) is 0 Å². The highest BCUT2D eigenvalue weighted by molar-refractivity contribution is 6.30. The number of amides is 2. The molecule has 0 bridgehead atoms. The Hall–Kier alpha value is -2.53. The molecule has 0 saturated heterocycles. The molecule has 0 aliphatic carbocycles. The van der Waals surface area contributed by atoms with Crippen LogP contribution in [0.15, 0.2) is 48.5 Å². The number of benzene rings is 2. The Morgan fingerprint density at radius 2 is 1.80 bits per heavy atom. The molecule has 0 heterocycles. The van der Waals surface area contributed by atoms with Gasteiger partial charge in [0, 0.05) is 17.1 Å². The molecule has 2 amide bonds. The number of nitrogens with one attached hydrogen (secondary N) is 1. The molecule has 0 spiro atoms. The summed E-state index contributed by atoms with van der Waals surface area (Å²) in [4.78, 5) is 27.7. The minimum Gasteiger partial charge on any atom is -0.484 e. The van der Waals surface area contributed by atoms with E-state index in [1.807, 2.05) is 58.9 Å². The number of nitrogens with zero attached hydrogens (tertiary/aromatic N) is 1. The van der Waals surface area contributed by atoms with Crippen molar-refractivity contribution >= 4 is 23.4 Å². The Kier molecular flexibility index (Phi) is 8.30. The van der Waals surface area contributed by atoms with Crippen molar-refractivity contribution in [2.45, 2.75) is 59.2 Å². The summed E-state index contributed by atoms with van der Waals surface area (Å²) in [7, 11) is 0. The van der Waals surface area contributed by atoms with Crippen LogP contribution in [0.5, 0.6) is 5.75 Å². The van der Waals surface area contributed by atoms with Gasteiger partial charge < -0.3 is 15.0 Å². The zero-order valence-corrected chi connectivity index (χ0v) is 19.1. The first-order valence-corrected chi connectivity index (χ1v) is 10.5. The number of hydrogen-bond donors (Lipinski definition) is 1. The topological polar surface area (TPSA) is 58.6 Å². The van der Waals surface area contributed by atoms with Crippen LogP contribution in [0.1, 0.15) is 45.2 Å². The first kappa shape index (κ1) is 23.7. The van der Waals surface area contributed by atoms with Gasteiger partial charge in [0.2, 0.25) is 5.91 Å². The van der Waals surface area contributed by atoms with E-state index in [0.29, 0.717) is 23.7 Å². The number of carbonyl (C=O) groups excluding carboxylic acids is 2. The molecule has 30 heavy (non-hydrogen) atoms. The zero-order chi connectivity index (χ0) is 22.3. The molecule has 0 aliphatic rings. The van der Waals surface area contributed by atoms with Crippen LogP contribution in [-0.4, -0.2) is 34.9 Å². The van der Waals surface area contributed by atoms with Crippen LogP contribution in [0.25, 0.3) is 0 Å². The van der Waals surface area contributed by atoms with Gasteiger partial charge in [-0.3, -0.25) is 9.59 Å². The minimum absolute atomic E-state index is 0.173. The third-order valence-corrected chi connectivity index (χ3v) is 4.75. The van der Waals surface area contributed by atoms with Gasteiger partial charge in [0.15, 0.2) is 6.61 Å². The molecule has 1 unspecified atom stereocenters. The van der Waals surface area contributed by atoms with E-state index in [4.69, 9.17) is 16.3 Å². The highest BCUT2D eigenvalue weighted by Gasteiger charge is 2.30. The number of ether oxygens (including phenoxy) is 1. The van der Waals surface area contributed by atoms with E-state index in [2.05, 4.69) is 5.32 Å². The quantitative estimate of drug-likeness (QED) is 0.657. The maximum atomic E-state index is 13.1. The molecule has 0 fully saturated rings. The van der Waals surface area contributed by atoms with Gasteiger partial charge in [-0.05, 0) is 57.9 Å². The van der Waals surface area contributed by atoms with E-state index in [1.165, 1.54) is 0 Å². The van der Waals surface area contributed by atoms with Crippen molar-refractivity contribution in [3.05, 3.63) is 64.7 Å². The van der Waals surface area contributed by atoms with Gasteiger partial charge in [0.1, 0.15) is 11.8 Å². The van der Waals surface area contributed by atoms with Gasteiger partial charge >= 0.3 is 0 Å². The molecule has 6 heteroatoms. The number of aryl methyl sites for hydroxylation is 1. The number of rotatable bonds is 8. The van der Waals surface area contributed by atoms with Crippen molar-refractivity contribution in [3.8, 4) is 5.75 Å². The summed E-state index contributed by atoms with van der Waals surface area (Å²) in [6.45, 7) is 9.83. The SMILES string of the molecule is CCC(C(=O)NC(C)(C)C)N(Cc1ccc(C)cc1)C(=O)COc1cccc(Cl)c1. The maximum Gasteiger partial charge on any atom is 0.261 e. The molecule has 0 radical (unpaired) electrons. The van der Waals surface area contributed by atoms with Crippen molar-refractivity contribution in [1.82, 2.24) is 10.2 Å². The molecule has 0 aromatic heterocycles. The average molecular weight is 431 g/mol. The largest absolute Gasteiger partial charge is 0.484 e. The number of halogens is 1. The smallest absolute Gasteiger partial charge is 0.261 e. The normalized spacial score (nSPS) is 12.2. The molecular formula is C24H31ClN2O3. The van der Waals surface area contributed by atoms with Crippen LogP contribution in [-0.2, 0) is 16.1 Å². The lowest BCUT2D eigenvalue weighted by molar-refractivity contribution is -0.143. The lowest BCUT2D eigenvalue weighted by atomic mass is 10.1. The predicted molar refractivity (Wildman–Crippen MR) is 121 cm³/mol. The fraction of sp³-hybridized carbons (Fsp3) is 0.417. The summed E-state index contributed by atoms with van der Waals surface area (Å²) in [5.74, 6) is 0.0815. The Morgan fingerprint density at radius 3 is 2.37 bits per heavy atom. The first-order chi connectivity index (χ1) is 14.1. The van der Waals surface area contributed by atoms with Crippen molar-refractivity contribution < 1.29 is 14.3 Å². The van der Waals surface area contributed by atoms with Crippen LogP contribution in [0, 0.1) is 6.92 Å². The van der Waals surface area contributed by atoms with Crippen molar-refractivity contribution in [1.29, 1.82) is 0 Å². The summed E-state index contributed by atoms with van der Waals surface area (Å²) < 4.78 is 5.65. The third kappa shape index (κ3) is 7.38. The van der Waals surface area contributed by atoms with Gasteiger partial charge in [0.25, 0.3) is 5.91 Å². The molecule has 5 nitrogen and oxygen atoms in total. The standard InChI is InChI=1S/C24H31ClN2O3/c1-6-21(23(29)26-24(3,4)5)27(15-18-12-10-17(2)11-13-18)22(28)16-30-20-9-7-8-19(25)14-20/h7-14,21H,6,15-16H2,1-5H3,(H,26,29). The zero-order valence-electron chi connectivity index (χ0n) is 18.4. The third-order valence-electron chi connectivity index (χ3n) is 4.52. The van der Waals surface area contributed by atoms with Gasteiger partial charge in [0.05, 0.1) is 0 Å². The highest BCUT2D eigenvalue weighted by atomic mass is 35.5. The van der Waals surface area contributed by atoms with Crippen LogP contribution in [0.2, 0.25) is 5.02 Å². The van der Waals surface area contributed by atoms with Gasteiger partial charge in [-0.15, -0.1) is 0 Å². The van der Waals surface area contributed by atoms with Crippen molar-refractivity contribution in [2.24, 2.45) is 0 Å². The second-order valence-electron chi connectivity index (χ2n) is 8.42. The fourth-order valence-electron chi connectivity index (χ4n) is 3.05. The molecule has 1 N–H and O–H groups in total. The molecule has 1 atom stereocenters. The Labute approximate surface area is 184 Å². The fourth-order valence-corrected chi connectivity index (χ4v) is 3.23. The van der Waals surface area contributed by atoms with E-state index in [-0.39, 0.29) is 24.0 Å². The van der Waals surface area contributed by atoms with E-state index in [1.54, 1.807) is 29.2 Å². The molecule has 2 aromatic carbocycles. The van der Waals surface area contributed by atoms with Gasteiger partial charge in [-0.1, -0.05) is 54.4 Å². The molecule has 2 rings (SSSR count). The minimum atomic E-state index is -0.596. The monoisotopic (exact) mass is 430 g/mol. The Bertz CT molecular complexity index is 859. The Morgan fingerprint density at radius 1 is 1.13 bits per heavy atom. The molecule has 0 saturated carbocycles. The van der Waals surface area contributed by atoms with Crippen LogP contribution < -0.4 is 10.1 Å². The van der Waals surface area contributed by atoms with E-state index in [9.17, 15) is 9.59 Å². The summed E-state index contributed by atoms with van der Waals surface area (Å²) in [5, 5.41) is 3.53. The summed E-state index contributed by atoms with van der Waals surface area (Å²) in [5.41, 5.74) is 1.71. The molecule has 162 valence electrons. The second-order valence-corrected chi connectivity index (χ2v) is 8.85. The molecule has 2 aromatic rings. The van der Waals surface area contributed by atoms with E-state index >= 15 is 0 Å². The van der Waals surface area contributed by atoms with Crippen molar-refractivity contribution in [3.63, 3.8) is 0 Å². The molecule has 0 aliphatic heterocycles. The number of hydrogen-bond acceptors (Lipinski definition) is 3. The Balaban J connectivity index is 2.22. The highest BCUT2D eigenvalue weighted by Crippen LogP contribution is 2.18.